The Morgan fingerprint density at radius 3 is 2.43 bits per heavy atom. The van der Waals surface area contributed by atoms with Gasteiger partial charge in [-0.2, -0.15) is 5.26 Å². The van der Waals surface area contributed by atoms with Crippen LogP contribution in [0.2, 0.25) is 0 Å². The summed E-state index contributed by atoms with van der Waals surface area (Å²) in [5, 5.41) is 13.1. The Kier molecular flexibility index (Phi) is 8.01. The van der Waals surface area contributed by atoms with Crippen LogP contribution < -0.4 is 24.4 Å². The molecule has 4 aromatic rings. The number of hydrogen-bond acceptors (Lipinski definition) is 9. The van der Waals surface area contributed by atoms with Crippen LogP contribution in [-0.2, 0) is 17.8 Å². The van der Waals surface area contributed by atoms with E-state index in [-0.39, 0.29) is 12.7 Å². The van der Waals surface area contributed by atoms with Crippen molar-refractivity contribution >= 4 is 22.8 Å². The quantitative estimate of drug-likeness (QED) is 0.325. The molecular formula is C32H32N6O4. The number of nitrogens with zero attached hydrogens (tertiary/aromatic N) is 5. The third-order valence-electron chi connectivity index (χ3n) is 7.63. The molecule has 214 valence electrons. The summed E-state index contributed by atoms with van der Waals surface area (Å²) in [4.78, 5) is 27.5. The highest BCUT2D eigenvalue weighted by Gasteiger charge is 2.30. The lowest BCUT2D eigenvalue weighted by Gasteiger charge is -2.36. The van der Waals surface area contributed by atoms with Gasteiger partial charge in [-0.1, -0.05) is 30.3 Å². The molecular weight excluding hydrogens is 532 g/mol. The first-order chi connectivity index (χ1) is 20.6. The molecule has 10 heteroatoms. The van der Waals surface area contributed by atoms with Gasteiger partial charge in [0.1, 0.15) is 11.4 Å². The summed E-state index contributed by atoms with van der Waals surface area (Å²) < 4.78 is 16.2. The Balaban J connectivity index is 1.16. The van der Waals surface area contributed by atoms with Crippen molar-refractivity contribution in [3.63, 3.8) is 0 Å². The number of methoxy groups -OCH3 is 1. The van der Waals surface area contributed by atoms with Gasteiger partial charge < -0.3 is 24.4 Å². The smallest absolute Gasteiger partial charge is 0.243 e. The highest BCUT2D eigenvalue weighted by atomic mass is 16.7. The van der Waals surface area contributed by atoms with Gasteiger partial charge in [0.2, 0.25) is 12.7 Å². The fourth-order valence-corrected chi connectivity index (χ4v) is 5.31. The average Bonchev–Trinajstić information content (AvgIpc) is 3.50. The SMILES string of the molecule is COc1ccc(CCNC(=O)C(C#N)c2nc3ccccc3nc2N2CCN(Cc3ccc4c(c3)OCO4)CC2)cc1. The van der Waals surface area contributed by atoms with Crippen LogP contribution in [0, 0.1) is 11.3 Å². The second-order valence-corrected chi connectivity index (χ2v) is 10.3. The maximum Gasteiger partial charge on any atom is 0.243 e. The molecule has 1 saturated heterocycles. The number of ether oxygens (including phenoxy) is 3. The summed E-state index contributed by atoms with van der Waals surface area (Å²) in [5.74, 6) is 1.48. The second-order valence-electron chi connectivity index (χ2n) is 10.3. The Morgan fingerprint density at radius 1 is 0.976 bits per heavy atom. The highest BCUT2D eigenvalue weighted by molar-refractivity contribution is 5.88. The molecule has 42 heavy (non-hydrogen) atoms. The number of benzene rings is 3. The molecule has 1 fully saturated rings. The normalized spacial score (nSPS) is 15.3. The molecule has 0 radical (unpaired) electrons. The van der Waals surface area contributed by atoms with E-state index in [9.17, 15) is 10.1 Å². The summed E-state index contributed by atoms with van der Waals surface area (Å²) in [6.07, 6.45) is 0.634. The van der Waals surface area contributed by atoms with Gasteiger partial charge in [0, 0.05) is 39.3 Å². The summed E-state index contributed by atoms with van der Waals surface area (Å²) in [7, 11) is 1.63. The lowest BCUT2D eigenvalue weighted by Crippen LogP contribution is -2.47. The summed E-state index contributed by atoms with van der Waals surface area (Å²) in [5.41, 5.74) is 4.01. The van der Waals surface area contributed by atoms with Crippen LogP contribution in [0.15, 0.2) is 66.7 Å². The Morgan fingerprint density at radius 2 is 1.69 bits per heavy atom. The number of piperazine rings is 1. The van der Waals surface area contributed by atoms with Crippen molar-refractivity contribution in [2.45, 2.75) is 18.9 Å². The van der Waals surface area contributed by atoms with Gasteiger partial charge in [-0.05, 0) is 53.9 Å². The van der Waals surface area contributed by atoms with Crippen molar-refractivity contribution < 1.29 is 19.0 Å². The van der Waals surface area contributed by atoms with Gasteiger partial charge in [0.25, 0.3) is 0 Å². The molecule has 1 aromatic heterocycles. The van der Waals surface area contributed by atoms with Crippen molar-refractivity contribution in [3.8, 4) is 23.3 Å². The number of nitriles is 1. The van der Waals surface area contributed by atoms with Gasteiger partial charge >= 0.3 is 0 Å². The predicted molar refractivity (Wildman–Crippen MR) is 158 cm³/mol. The van der Waals surface area contributed by atoms with E-state index in [1.165, 1.54) is 0 Å². The molecule has 3 aromatic carbocycles. The number of nitrogens with one attached hydrogen (secondary N) is 1. The summed E-state index contributed by atoms with van der Waals surface area (Å²) in [6, 6.07) is 23.5. The lowest BCUT2D eigenvalue weighted by molar-refractivity contribution is -0.121. The van der Waals surface area contributed by atoms with Gasteiger partial charge in [-0.25, -0.2) is 9.97 Å². The van der Waals surface area contributed by atoms with Crippen LogP contribution in [0.3, 0.4) is 0 Å². The van der Waals surface area contributed by atoms with E-state index in [4.69, 9.17) is 24.2 Å². The van der Waals surface area contributed by atoms with E-state index < -0.39 is 5.92 Å². The largest absolute Gasteiger partial charge is 0.497 e. The van der Waals surface area contributed by atoms with Gasteiger partial charge in [0.05, 0.1) is 24.2 Å². The molecule has 0 bridgehead atoms. The molecule has 0 saturated carbocycles. The van der Waals surface area contributed by atoms with Crippen molar-refractivity contribution in [3.05, 3.63) is 83.6 Å². The van der Waals surface area contributed by atoms with Crippen LogP contribution >= 0.6 is 0 Å². The predicted octanol–water partition coefficient (Wildman–Crippen LogP) is 3.66. The van der Waals surface area contributed by atoms with Gasteiger partial charge in [-0.15, -0.1) is 0 Å². The van der Waals surface area contributed by atoms with Crippen LogP contribution in [0.4, 0.5) is 5.82 Å². The van der Waals surface area contributed by atoms with E-state index in [0.717, 1.165) is 53.5 Å². The first-order valence-corrected chi connectivity index (χ1v) is 14.0. The number of aromatic nitrogens is 2. The summed E-state index contributed by atoms with van der Waals surface area (Å²) >= 11 is 0. The molecule has 0 spiro atoms. The van der Waals surface area contributed by atoms with Crippen LogP contribution in [0.5, 0.6) is 17.2 Å². The number of hydrogen-bond donors (Lipinski definition) is 1. The van der Waals surface area contributed by atoms with Crippen molar-refractivity contribution in [1.82, 2.24) is 20.2 Å². The minimum Gasteiger partial charge on any atom is -0.497 e. The highest BCUT2D eigenvalue weighted by Crippen LogP contribution is 2.33. The maximum atomic E-state index is 13.3. The maximum absolute atomic E-state index is 13.3. The molecule has 2 aliphatic heterocycles. The molecule has 1 unspecified atom stereocenters. The number of carbonyl (C=O) groups is 1. The molecule has 10 nitrogen and oxygen atoms in total. The Labute approximate surface area is 244 Å². The number of anilines is 1. The minimum atomic E-state index is -1.08. The second kappa shape index (κ2) is 12.3. The van der Waals surface area contributed by atoms with E-state index >= 15 is 0 Å². The van der Waals surface area contributed by atoms with Crippen LogP contribution in [0.25, 0.3) is 11.0 Å². The first-order valence-electron chi connectivity index (χ1n) is 14.0. The van der Waals surface area contributed by atoms with E-state index in [0.29, 0.717) is 43.1 Å². The molecule has 3 heterocycles. The zero-order valence-electron chi connectivity index (χ0n) is 23.5. The zero-order valence-corrected chi connectivity index (χ0v) is 23.5. The Bertz CT molecular complexity index is 1610. The van der Waals surface area contributed by atoms with Crippen molar-refractivity contribution in [2.75, 3.05) is 51.5 Å². The van der Waals surface area contributed by atoms with Crippen LogP contribution in [0.1, 0.15) is 22.7 Å². The standard InChI is InChI=1S/C32H32N6O4/c1-40-24-9-6-22(7-10-24)12-13-34-32(39)25(19-33)30-31(36-27-5-3-2-4-26(27)35-30)38-16-14-37(15-17-38)20-23-8-11-28-29(18-23)42-21-41-28/h2-11,18,25H,12-17,20-21H2,1H3,(H,34,39). The minimum absolute atomic E-state index is 0.261. The summed E-state index contributed by atoms with van der Waals surface area (Å²) in [6.45, 7) is 4.44. The lowest BCUT2D eigenvalue weighted by atomic mass is 10.0. The number of para-hydroxylation sites is 2. The number of amides is 1. The zero-order chi connectivity index (χ0) is 28.9. The number of rotatable bonds is 9. The van der Waals surface area contributed by atoms with E-state index in [1.807, 2.05) is 60.7 Å². The van der Waals surface area contributed by atoms with Crippen molar-refractivity contribution in [1.29, 1.82) is 5.26 Å². The molecule has 1 amide bonds. The number of carbonyl (C=O) groups excluding carboxylic acids is 1. The third-order valence-corrected chi connectivity index (χ3v) is 7.63. The molecule has 1 atom stereocenters. The molecule has 0 aliphatic carbocycles. The fraction of sp³-hybridized carbons (Fsp3) is 0.312. The monoisotopic (exact) mass is 564 g/mol. The van der Waals surface area contributed by atoms with Gasteiger partial charge in [0.15, 0.2) is 23.2 Å². The number of fused-ring (bicyclic) bond motifs is 2. The van der Waals surface area contributed by atoms with E-state index in [1.54, 1.807) is 7.11 Å². The van der Waals surface area contributed by atoms with E-state index in [2.05, 4.69) is 27.3 Å². The molecule has 1 N–H and O–H groups in total. The molecule has 2 aliphatic rings. The topological polar surface area (TPSA) is 113 Å². The van der Waals surface area contributed by atoms with Crippen LogP contribution in [-0.4, -0.2) is 67.4 Å². The first kappa shape index (κ1) is 27.3. The third kappa shape index (κ3) is 5.92. The molecule has 6 rings (SSSR count). The Hall–Kier alpha value is -4.88. The average molecular weight is 565 g/mol. The fourth-order valence-electron chi connectivity index (χ4n) is 5.31. The van der Waals surface area contributed by atoms with Crippen molar-refractivity contribution in [2.24, 2.45) is 0 Å². The van der Waals surface area contributed by atoms with Gasteiger partial charge in [-0.3, -0.25) is 9.69 Å².